The fraction of sp³-hybridized carbons (Fsp3) is 0.435. The Bertz CT molecular complexity index is 842. The number of nitrogens with one attached hydrogen (secondary N) is 2. The Balaban J connectivity index is 1.61. The Kier molecular flexibility index (Phi) is 9.05. The number of halogens is 2. The van der Waals surface area contributed by atoms with Gasteiger partial charge in [-0.2, -0.15) is 8.78 Å². The van der Waals surface area contributed by atoms with Gasteiger partial charge in [0, 0.05) is 32.7 Å². The van der Waals surface area contributed by atoms with Gasteiger partial charge >= 0.3 is 6.61 Å². The third kappa shape index (κ3) is 7.80. The van der Waals surface area contributed by atoms with E-state index >= 15 is 0 Å². The van der Waals surface area contributed by atoms with E-state index in [1.165, 1.54) is 17.2 Å². The number of aliphatic imine (C=N–C) groups is 1. The molecule has 2 aromatic carbocycles. The highest BCUT2D eigenvalue weighted by Gasteiger charge is 2.13. The lowest BCUT2D eigenvalue weighted by Crippen LogP contribution is -2.38. The molecule has 8 heteroatoms. The molecule has 2 N–H and O–H groups in total. The molecule has 31 heavy (non-hydrogen) atoms. The van der Waals surface area contributed by atoms with Crippen LogP contribution in [0.15, 0.2) is 53.5 Å². The highest BCUT2D eigenvalue weighted by atomic mass is 19.3. The van der Waals surface area contributed by atoms with Gasteiger partial charge in [0.25, 0.3) is 0 Å². The smallest absolute Gasteiger partial charge is 0.387 e. The number of nitrogens with zero attached hydrogens (tertiary/aromatic N) is 2. The molecule has 0 amide bonds. The first-order valence-corrected chi connectivity index (χ1v) is 10.6. The lowest BCUT2D eigenvalue weighted by atomic mass is 10.1. The van der Waals surface area contributed by atoms with Crippen LogP contribution < -0.4 is 15.4 Å². The summed E-state index contributed by atoms with van der Waals surface area (Å²) in [6.07, 6.45) is 0. The molecule has 1 aliphatic rings. The largest absolute Gasteiger partial charge is 0.435 e. The molecule has 0 aromatic heterocycles. The van der Waals surface area contributed by atoms with Gasteiger partial charge < -0.3 is 20.1 Å². The number of benzene rings is 2. The second kappa shape index (κ2) is 12.2. The maximum Gasteiger partial charge on any atom is 0.387 e. The summed E-state index contributed by atoms with van der Waals surface area (Å²) in [6.45, 7) is 5.22. The molecule has 0 atom stereocenters. The van der Waals surface area contributed by atoms with Crippen LogP contribution in [0.25, 0.3) is 0 Å². The molecule has 0 bridgehead atoms. The van der Waals surface area contributed by atoms with Crippen LogP contribution in [0.1, 0.15) is 23.6 Å². The van der Waals surface area contributed by atoms with Gasteiger partial charge in [0.05, 0.1) is 19.8 Å². The molecule has 1 fully saturated rings. The van der Waals surface area contributed by atoms with Crippen molar-refractivity contribution in [2.24, 2.45) is 4.99 Å². The van der Waals surface area contributed by atoms with Crippen molar-refractivity contribution in [1.82, 2.24) is 15.5 Å². The van der Waals surface area contributed by atoms with Crippen LogP contribution in [0.5, 0.6) is 5.75 Å². The topological polar surface area (TPSA) is 58.1 Å². The van der Waals surface area contributed by atoms with Gasteiger partial charge in [0.2, 0.25) is 0 Å². The maximum atomic E-state index is 12.4. The number of ether oxygens (including phenoxy) is 2. The van der Waals surface area contributed by atoms with Gasteiger partial charge in [-0.1, -0.05) is 36.4 Å². The predicted molar refractivity (Wildman–Crippen MR) is 117 cm³/mol. The van der Waals surface area contributed by atoms with E-state index in [4.69, 9.17) is 4.74 Å². The summed E-state index contributed by atoms with van der Waals surface area (Å²) in [5, 5.41) is 6.61. The number of morpholine rings is 1. The Labute approximate surface area is 182 Å². The molecule has 168 valence electrons. The summed E-state index contributed by atoms with van der Waals surface area (Å²) < 4.78 is 34.8. The molecule has 6 nitrogen and oxygen atoms in total. The van der Waals surface area contributed by atoms with Gasteiger partial charge in [-0.15, -0.1) is 0 Å². The van der Waals surface area contributed by atoms with Crippen LogP contribution in [-0.2, 0) is 24.4 Å². The molecule has 1 saturated heterocycles. The summed E-state index contributed by atoms with van der Waals surface area (Å²) in [6, 6.07) is 15.0. The van der Waals surface area contributed by atoms with Gasteiger partial charge in [-0.05, 0) is 35.7 Å². The highest BCUT2D eigenvalue weighted by Crippen LogP contribution is 2.17. The summed E-state index contributed by atoms with van der Waals surface area (Å²) in [5.41, 5.74) is 3.29. The van der Waals surface area contributed by atoms with Crippen molar-refractivity contribution in [3.05, 3.63) is 65.2 Å². The molecule has 2 aromatic rings. The minimum absolute atomic E-state index is 0.137. The zero-order chi connectivity index (χ0) is 21.9. The first kappa shape index (κ1) is 23.0. The van der Waals surface area contributed by atoms with E-state index < -0.39 is 6.61 Å². The minimum Gasteiger partial charge on any atom is -0.435 e. The summed E-state index contributed by atoms with van der Waals surface area (Å²) >= 11 is 0. The molecule has 1 aliphatic heterocycles. The molecule has 3 rings (SSSR count). The fourth-order valence-electron chi connectivity index (χ4n) is 3.40. The normalized spacial score (nSPS) is 15.2. The van der Waals surface area contributed by atoms with Crippen LogP contribution in [0.2, 0.25) is 0 Å². The minimum atomic E-state index is -2.84. The summed E-state index contributed by atoms with van der Waals surface area (Å²) in [5.74, 6) is 0.807. The van der Waals surface area contributed by atoms with E-state index in [1.54, 1.807) is 12.1 Å². The molecule has 0 radical (unpaired) electrons. The molecule has 0 unspecified atom stereocenters. The number of hydrogen-bond acceptors (Lipinski definition) is 4. The van der Waals surface area contributed by atoms with Crippen molar-refractivity contribution in [2.45, 2.75) is 33.2 Å². The van der Waals surface area contributed by atoms with E-state index in [2.05, 4.69) is 43.5 Å². The van der Waals surface area contributed by atoms with Crippen molar-refractivity contribution in [3.63, 3.8) is 0 Å². The van der Waals surface area contributed by atoms with Crippen LogP contribution in [-0.4, -0.2) is 50.3 Å². The predicted octanol–water partition coefficient (Wildman–Crippen LogP) is 3.38. The van der Waals surface area contributed by atoms with Crippen molar-refractivity contribution in [1.29, 1.82) is 0 Å². The lowest BCUT2D eigenvalue weighted by molar-refractivity contribution is -0.0498. The number of alkyl halides is 2. The van der Waals surface area contributed by atoms with Crippen LogP contribution in [0.4, 0.5) is 8.78 Å². The van der Waals surface area contributed by atoms with Crippen LogP contribution in [0.3, 0.4) is 0 Å². The number of hydrogen-bond donors (Lipinski definition) is 2. The van der Waals surface area contributed by atoms with Crippen molar-refractivity contribution >= 4 is 5.96 Å². The van der Waals surface area contributed by atoms with E-state index in [9.17, 15) is 8.78 Å². The van der Waals surface area contributed by atoms with Crippen molar-refractivity contribution in [2.75, 3.05) is 32.8 Å². The molecular weight excluding hydrogens is 402 g/mol. The molecule has 0 aliphatic carbocycles. The molecule has 0 spiro atoms. The quantitative estimate of drug-likeness (QED) is 0.470. The summed E-state index contributed by atoms with van der Waals surface area (Å²) in [7, 11) is 0. The lowest BCUT2D eigenvalue weighted by Gasteiger charge is -2.27. The fourth-order valence-corrected chi connectivity index (χ4v) is 3.40. The van der Waals surface area contributed by atoms with Gasteiger partial charge in [0.1, 0.15) is 5.75 Å². The average Bonchev–Trinajstić information content (AvgIpc) is 2.77. The zero-order valence-corrected chi connectivity index (χ0v) is 17.8. The monoisotopic (exact) mass is 432 g/mol. The first-order valence-electron chi connectivity index (χ1n) is 10.6. The molecular formula is C23H30F2N4O2. The van der Waals surface area contributed by atoms with Gasteiger partial charge in [0.15, 0.2) is 5.96 Å². The third-order valence-electron chi connectivity index (χ3n) is 4.95. The Morgan fingerprint density at radius 2 is 1.87 bits per heavy atom. The standard InChI is InChI=1S/C23H30F2N4O2/c1-2-26-23(27-15-18-6-5-9-21(14-18)31-22(24)25)28-16-19-7-3-4-8-20(19)17-29-10-12-30-13-11-29/h3-9,14,22H,2,10-13,15-17H2,1H3,(H2,26,27,28). The average molecular weight is 433 g/mol. The zero-order valence-electron chi connectivity index (χ0n) is 17.8. The van der Waals surface area contributed by atoms with Crippen molar-refractivity contribution < 1.29 is 18.3 Å². The van der Waals surface area contributed by atoms with Crippen molar-refractivity contribution in [3.8, 4) is 5.75 Å². The van der Waals surface area contributed by atoms with E-state index in [1.807, 2.05) is 19.1 Å². The molecule has 0 saturated carbocycles. The van der Waals surface area contributed by atoms with Gasteiger partial charge in [-0.25, -0.2) is 4.99 Å². The first-order chi connectivity index (χ1) is 15.1. The van der Waals surface area contributed by atoms with Gasteiger partial charge in [-0.3, -0.25) is 4.90 Å². The second-order valence-corrected chi connectivity index (χ2v) is 7.23. The summed E-state index contributed by atoms with van der Waals surface area (Å²) in [4.78, 5) is 6.99. The molecule has 1 heterocycles. The SMILES string of the molecule is CCNC(=NCc1cccc(OC(F)F)c1)NCc1ccccc1CN1CCOCC1. The Hall–Kier alpha value is -2.71. The maximum absolute atomic E-state index is 12.4. The third-order valence-corrected chi connectivity index (χ3v) is 4.95. The highest BCUT2D eigenvalue weighted by molar-refractivity contribution is 5.79. The number of guanidine groups is 1. The van der Waals surface area contributed by atoms with E-state index in [0.29, 0.717) is 19.0 Å². The van der Waals surface area contributed by atoms with E-state index in [0.717, 1.165) is 45.0 Å². The Morgan fingerprint density at radius 1 is 1.10 bits per heavy atom. The van der Waals surface area contributed by atoms with Crippen LogP contribution >= 0.6 is 0 Å². The van der Waals surface area contributed by atoms with Crippen LogP contribution in [0, 0.1) is 0 Å². The van der Waals surface area contributed by atoms with E-state index in [-0.39, 0.29) is 5.75 Å². The second-order valence-electron chi connectivity index (χ2n) is 7.23. The Morgan fingerprint density at radius 3 is 2.61 bits per heavy atom. The number of rotatable bonds is 9.